The molecule has 0 saturated carbocycles. The molecule has 2 atom stereocenters. The Morgan fingerprint density at radius 2 is 2.00 bits per heavy atom. The van der Waals surface area contributed by atoms with Gasteiger partial charge in [0, 0.05) is 22.4 Å². The van der Waals surface area contributed by atoms with Crippen LogP contribution in [0.5, 0.6) is 0 Å². The molecule has 2 aromatic carbocycles. The highest BCUT2D eigenvalue weighted by Crippen LogP contribution is 2.37. The lowest BCUT2D eigenvalue weighted by atomic mass is 9.93. The predicted molar refractivity (Wildman–Crippen MR) is 91.1 cm³/mol. The summed E-state index contributed by atoms with van der Waals surface area (Å²) in [6.07, 6.45) is 0.681. The summed E-state index contributed by atoms with van der Waals surface area (Å²) in [6.45, 7) is 5.11. The van der Waals surface area contributed by atoms with Crippen LogP contribution in [0.2, 0.25) is 0 Å². The molecule has 0 fully saturated rings. The fourth-order valence-electron chi connectivity index (χ4n) is 3.06. The molecule has 3 rings (SSSR count). The van der Waals surface area contributed by atoms with Crippen molar-refractivity contribution >= 4 is 27.3 Å². The van der Waals surface area contributed by atoms with E-state index in [-0.39, 0.29) is 0 Å². The maximum atomic E-state index is 9.76. The van der Waals surface area contributed by atoms with E-state index in [0.717, 1.165) is 23.0 Å². The van der Waals surface area contributed by atoms with Crippen LogP contribution < -0.4 is 4.90 Å². The van der Waals surface area contributed by atoms with Crippen molar-refractivity contribution in [1.29, 1.82) is 0 Å². The van der Waals surface area contributed by atoms with Crippen LogP contribution >= 0.6 is 15.9 Å². The summed E-state index contributed by atoms with van der Waals surface area (Å²) in [5, 5.41) is 9.76. The molecule has 2 nitrogen and oxygen atoms in total. The Morgan fingerprint density at radius 1 is 1.24 bits per heavy atom. The lowest BCUT2D eigenvalue weighted by molar-refractivity contribution is 0.198. The van der Waals surface area contributed by atoms with Crippen molar-refractivity contribution in [3.63, 3.8) is 0 Å². The molecule has 1 unspecified atom stereocenters. The zero-order valence-corrected chi connectivity index (χ0v) is 14.0. The van der Waals surface area contributed by atoms with Crippen molar-refractivity contribution < 1.29 is 5.11 Å². The van der Waals surface area contributed by atoms with Gasteiger partial charge in [0.05, 0.1) is 6.10 Å². The smallest absolute Gasteiger partial charge is 0.0772 e. The topological polar surface area (TPSA) is 23.5 Å². The van der Waals surface area contributed by atoms with Gasteiger partial charge in [-0.25, -0.2) is 0 Å². The fraction of sp³-hybridized carbons (Fsp3) is 0.333. The van der Waals surface area contributed by atoms with Gasteiger partial charge in [0.25, 0.3) is 0 Å². The first-order valence-corrected chi connectivity index (χ1v) is 8.18. The number of benzene rings is 2. The number of rotatable bonds is 2. The van der Waals surface area contributed by atoms with Gasteiger partial charge in [-0.15, -0.1) is 0 Å². The number of aliphatic hydroxyl groups excluding tert-OH is 1. The molecular weight excluding hydrogens is 326 g/mol. The first-order valence-electron chi connectivity index (χ1n) is 7.39. The molecule has 1 aliphatic rings. The number of anilines is 2. The molecule has 110 valence electrons. The third-order valence-corrected chi connectivity index (χ3v) is 4.78. The van der Waals surface area contributed by atoms with Crippen molar-refractivity contribution in [1.82, 2.24) is 0 Å². The molecule has 21 heavy (non-hydrogen) atoms. The summed E-state index contributed by atoms with van der Waals surface area (Å²) in [6, 6.07) is 14.8. The summed E-state index contributed by atoms with van der Waals surface area (Å²) in [5.41, 5.74) is 4.81. The molecule has 0 radical (unpaired) electrons. The Bertz CT molecular complexity index is 653. The van der Waals surface area contributed by atoms with Gasteiger partial charge in [-0.2, -0.15) is 0 Å². The highest BCUT2D eigenvalue weighted by Gasteiger charge is 2.23. The molecule has 0 bridgehead atoms. The second kappa shape index (κ2) is 5.82. The van der Waals surface area contributed by atoms with Crippen molar-refractivity contribution in [2.45, 2.75) is 26.4 Å². The SMILES string of the molecule is CC1Cc2ccccc2N(c2ccc([C@@H](C)O)c(Br)c2)C1. The largest absolute Gasteiger partial charge is 0.389 e. The van der Waals surface area contributed by atoms with Gasteiger partial charge in [-0.05, 0) is 48.6 Å². The van der Waals surface area contributed by atoms with Gasteiger partial charge in [0.1, 0.15) is 0 Å². The van der Waals surface area contributed by atoms with Crippen LogP contribution in [0, 0.1) is 5.92 Å². The number of para-hydroxylation sites is 1. The Kier molecular flexibility index (Phi) is 4.05. The lowest BCUT2D eigenvalue weighted by Crippen LogP contribution is -2.30. The minimum Gasteiger partial charge on any atom is -0.389 e. The molecular formula is C18H20BrNO. The van der Waals surface area contributed by atoms with E-state index in [4.69, 9.17) is 0 Å². The number of aliphatic hydroxyl groups is 1. The lowest BCUT2D eigenvalue weighted by Gasteiger charge is -2.35. The molecule has 2 aromatic rings. The second-order valence-corrected chi connectivity index (χ2v) is 6.78. The van der Waals surface area contributed by atoms with Crippen LogP contribution in [0.1, 0.15) is 31.1 Å². The predicted octanol–water partition coefficient (Wildman–Crippen LogP) is 4.83. The Hall–Kier alpha value is -1.32. The minimum absolute atomic E-state index is 0.457. The Balaban J connectivity index is 2.03. The van der Waals surface area contributed by atoms with E-state index >= 15 is 0 Å². The Morgan fingerprint density at radius 3 is 2.71 bits per heavy atom. The van der Waals surface area contributed by atoms with Crippen molar-refractivity contribution in [3.8, 4) is 0 Å². The molecule has 0 aliphatic carbocycles. The van der Waals surface area contributed by atoms with Crippen LogP contribution in [0.25, 0.3) is 0 Å². The summed E-state index contributed by atoms with van der Waals surface area (Å²) < 4.78 is 0.964. The average Bonchev–Trinajstić information content (AvgIpc) is 2.45. The van der Waals surface area contributed by atoms with Crippen LogP contribution in [-0.2, 0) is 6.42 Å². The van der Waals surface area contributed by atoms with Gasteiger partial charge in [-0.3, -0.25) is 0 Å². The highest BCUT2D eigenvalue weighted by molar-refractivity contribution is 9.10. The summed E-state index contributed by atoms with van der Waals surface area (Å²) >= 11 is 3.58. The Labute approximate surface area is 134 Å². The van der Waals surface area contributed by atoms with Crippen LogP contribution in [-0.4, -0.2) is 11.7 Å². The molecule has 1 heterocycles. The number of fused-ring (bicyclic) bond motifs is 1. The van der Waals surface area contributed by atoms with E-state index < -0.39 is 6.10 Å². The summed E-state index contributed by atoms with van der Waals surface area (Å²) in [4.78, 5) is 2.38. The standard InChI is InChI=1S/C18H20BrNO/c1-12-9-14-5-3-4-6-18(14)20(11-12)15-7-8-16(13(2)21)17(19)10-15/h3-8,10,12-13,21H,9,11H2,1-2H3/t12?,13-/m1/s1. The maximum absolute atomic E-state index is 9.76. The third kappa shape index (κ3) is 2.85. The quantitative estimate of drug-likeness (QED) is 0.842. The molecule has 1 aliphatic heterocycles. The van der Waals surface area contributed by atoms with Crippen LogP contribution in [0.4, 0.5) is 11.4 Å². The van der Waals surface area contributed by atoms with Gasteiger partial charge in [-0.1, -0.05) is 47.1 Å². The maximum Gasteiger partial charge on any atom is 0.0772 e. The van der Waals surface area contributed by atoms with E-state index in [1.807, 2.05) is 6.07 Å². The first kappa shape index (κ1) is 14.6. The van der Waals surface area contributed by atoms with E-state index in [9.17, 15) is 5.11 Å². The number of hydrogen-bond acceptors (Lipinski definition) is 2. The zero-order valence-electron chi connectivity index (χ0n) is 12.4. The van der Waals surface area contributed by atoms with Gasteiger partial charge < -0.3 is 10.0 Å². The highest BCUT2D eigenvalue weighted by atomic mass is 79.9. The average molecular weight is 346 g/mol. The van der Waals surface area contributed by atoms with E-state index in [1.54, 1.807) is 6.92 Å². The molecule has 3 heteroatoms. The van der Waals surface area contributed by atoms with Crippen LogP contribution in [0.3, 0.4) is 0 Å². The zero-order chi connectivity index (χ0) is 15.0. The molecule has 0 spiro atoms. The number of halogens is 1. The van der Waals surface area contributed by atoms with Gasteiger partial charge >= 0.3 is 0 Å². The van der Waals surface area contributed by atoms with E-state index in [2.05, 4.69) is 64.2 Å². The van der Waals surface area contributed by atoms with Crippen molar-refractivity contribution in [3.05, 3.63) is 58.1 Å². The van der Waals surface area contributed by atoms with Gasteiger partial charge in [0.15, 0.2) is 0 Å². The molecule has 0 aromatic heterocycles. The van der Waals surface area contributed by atoms with E-state index in [1.165, 1.54) is 16.9 Å². The van der Waals surface area contributed by atoms with Gasteiger partial charge in [0.2, 0.25) is 0 Å². The normalized spacial score (nSPS) is 19.2. The summed E-state index contributed by atoms with van der Waals surface area (Å²) in [5.74, 6) is 0.634. The molecule has 0 saturated heterocycles. The monoisotopic (exact) mass is 345 g/mol. The van der Waals surface area contributed by atoms with Crippen molar-refractivity contribution in [2.24, 2.45) is 5.92 Å². The molecule has 1 N–H and O–H groups in total. The summed E-state index contributed by atoms with van der Waals surface area (Å²) in [7, 11) is 0. The first-order chi connectivity index (χ1) is 10.1. The molecule has 0 amide bonds. The third-order valence-electron chi connectivity index (χ3n) is 4.09. The fourth-order valence-corrected chi connectivity index (χ4v) is 3.76. The number of nitrogens with zero attached hydrogens (tertiary/aromatic N) is 1. The minimum atomic E-state index is -0.457. The van der Waals surface area contributed by atoms with E-state index in [0.29, 0.717) is 5.92 Å². The second-order valence-electron chi connectivity index (χ2n) is 5.93. The number of hydrogen-bond donors (Lipinski definition) is 1. The van der Waals surface area contributed by atoms with Crippen LogP contribution in [0.15, 0.2) is 46.9 Å². The van der Waals surface area contributed by atoms with Crippen molar-refractivity contribution in [2.75, 3.05) is 11.4 Å².